The van der Waals surface area contributed by atoms with Crippen LogP contribution in [0, 0.1) is 0 Å². The Kier molecular flexibility index (Phi) is 3.10. The van der Waals surface area contributed by atoms with E-state index >= 15 is 0 Å². The van der Waals surface area contributed by atoms with E-state index in [4.69, 9.17) is 31.3 Å². The molecular weight excluding hydrogens is 244 g/mol. The first-order chi connectivity index (χ1) is 8.19. The van der Waals surface area contributed by atoms with Gasteiger partial charge >= 0.3 is 0 Å². The highest BCUT2D eigenvalue weighted by molar-refractivity contribution is 6.35. The molecule has 0 unspecified atom stereocenters. The van der Waals surface area contributed by atoms with Gasteiger partial charge in [0, 0.05) is 0 Å². The summed E-state index contributed by atoms with van der Waals surface area (Å²) < 4.78 is 15.2. The van der Waals surface area contributed by atoms with E-state index < -0.39 is 0 Å². The van der Waals surface area contributed by atoms with Crippen molar-refractivity contribution in [3.8, 4) is 22.6 Å². The van der Waals surface area contributed by atoms with E-state index in [-0.39, 0.29) is 5.88 Å². The molecule has 2 aromatic rings. The molecule has 17 heavy (non-hydrogen) atoms. The molecule has 0 atom stereocenters. The maximum atomic E-state index is 6.23. The third kappa shape index (κ3) is 1.89. The summed E-state index contributed by atoms with van der Waals surface area (Å²) in [4.78, 5) is 0. The van der Waals surface area contributed by atoms with E-state index in [1.54, 1.807) is 19.2 Å². The van der Waals surface area contributed by atoms with Crippen LogP contribution in [-0.4, -0.2) is 19.4 Å². The molecule has 1 aromatic heterocycles. The first-order valence-corrected chi connectivity index (χ1v) is 5.17. The molecule has 0 saturated heterocycles. The minimum Gasteiger partial charge on any atom is -0.496 e. The normalized spacial score (nSPS) is 10.3. The average molecular weight is 255 g/mol. The molecule has 5 nitrogen and oxygen atoms in total. The highest BCUT2D eigenvalue weighted by Gasteiger charge is 2.19. The molecule has 0 amide bonds. The molecule has 1 heterocycles. The van der Waals surface area contributed by atoms with Crippen molar-refractivity contribution in [2.24, 2.45) is 0 Å². The van der Waals surface area contributed by atoms with E-state index in [0.717, 1.165) is 0 Å². The van der Waals surface area contributed by atoms with Gasteiger partial charge in [-0.2, -0.15) is 0 Å². The van der Waals surface area contributed by atoms with Gasteiger partial charge in [0.05, 0.1) is 36.6 Å². The van der Waals surface area contributed by atoms with Crippen LogP contribution in [0.2, 0.25) is 5.02 Å². The number of ether oxygens (including phenoxy) is 2. The van der Waals surface area contributed by atoms with E-state index in [1.807, 2.05) is 0 Å². The number of anilines is 1. The summed E-state index contributed by atoms with van der Waals surface area (Å²) in [5.74, 6) is 1.28. The molecule has 0 spiro atoms. The number of hydrogen-bond acceptors (Lipinski definition) is 5. The SMILES string of the molecule is COc1ccc(OC)c(-c2cnoc2N)c1Cl. The fraction of sp³-hybridized carbons (Fsp3) is 0.182. The van der Waals surface area contributed by atoms with Gasteiger partial charge in [0.2, 0.25) is 5.88 Å². The van der Waals surface area contributed by atoms with Crippen LogP contribution >= 0.6 is 11.6 Å². The predicted octanol–water partition coefficient (Wildman–Crippen LogP) is 2.59. The number of hydrogen-bond donors (Lipinski definition) is 1. The number of halogens is 1. The van der Waals surface area contributed by atoms with Gasteiger partial charge in [-0.3, -0.25) is 0 Å². The van der Waals surface area contributed by atoms with E-state index in [1.165, 1.54) is 13.3 Å². The molecule has 0 saturated carbocycles. The molecule has 2 rings (SSSR count). The zero-order valence-electron chi connectivity index (χ0n) is 9.36. The van der Waals surface area contributed by atoms with Crippen molar-refractivity contribution >= 4 is 17.5 Å². The monoisotopic (exact) mass is 254 g/mol. The van der Waals surface area contributed by atoms with Gasteiger partial charge in [0.15, 0.2) is 0 Å². The molecule has 0 radical (unpaired) electrons. The summed E-state index contributed by atoms with van der Waals surface area (Å²) >= 11 is 6.23. The lowest BCUT2D eigenvalue weighted by atomic mass is 10.1. The Bertz CT molecular complexity index is 540. The summed E-state index contributed by atoms with van der Waals surface area (Å²) in [5.41, 5.74) is 6.85. The fourth-order valence-electron chi connectivity index (χ4n) is 1.55. The van der Waals surface area contributed by atoms with Crippen LogP contribution in [0.3, 0.4) is 0 Å². The third-order valence-corrected chi connectivity index (χ3v) is 2.75. The van der Waals surface area contributed by atoms with Gasteiger partial charge in [-0.15, -0.1) is 0 Å². The first kappa shape index (κ1) is 11.6. The van der Waals surface area contributed by atoms with Crippen molar-refractivity contribution in [3.05, 3.63) is 23.4 Å². The van der Waals surface area contributed by atoms with Crippen LogP contribution in [0.5, 0.6) is 11.5 Å². The molecule has 1 aromatic carbocycles. The van der Waals surface area contributed by atoms with Crippen molar-refractivity contribution in [3.63, 3.8) is 0 Å². The molecule has 0 fully saturated rings. The maximum Gasteiger partial charge on any atom is 0.230 e. The number of nitrogens with two attached hydrogens (primary N) is 1. The quantitative estimate of drug-likeness (QED) is 0.912. The molecule has 0 aliphatic rings. The van der Waals surface area contributed by atoms with Crippen LogP contribution in [0.25, 0.3) is 11.1 Å². The van der Waals surface area contributed by atoms with Gasteiger partial charge < -0.3 is 19.7 Å². The number of aromatic nitrogens is 1. The first-order valence-electron chi connectivity index (χ1n) is 4.80. The fourth-order valence-corrected chi connectivity index (χ4v) is 1.89. The Morgan fingerprint density at radius 2 is 1.88 bits per heavy atom. The van der Waals surface area contributed by atoms with Crippen molar-refractivity contribution in [1.82, 2.24) is 5.16 Å². The Labute approximate surface area is 103 Å². The Hall–Kier alpha value is -1.88. The lowest BCUT2D eigenvalue weighted by Gasteiger charge is -2.12. The van der Waals surface area contributed by atoms with Gasteiger partial charge in [0.25, 0.3) is 0 Å². The largest absolute Gasteiger partial charge is 0.496 e. The van der Waals surface area contributed by atoms with Gasteiger partial charge in [-0.1, -0.05) is 16.8 Å². The zero-order chi connectivity index (χ0) is 12.4. The predicted molar refractivity (Wildman–Crippen MR) is 64.5 cm³/mol. The molecule has 2 N–H and O–H groups in total. The zero-order valence-corrected chi connectivity index (χ0v) is 10.1. The maximum absolute atomic E-state index is 6.23. The summed E-state index contributed by atoms with van der Waals surface area (Å²) in [6.07, 6.45) is 1.48. The molecule has 6 heteroatoms. The van der Waals surface area contributed by atoms with Gasteiger partial charge in [-0.25, -0.2) is 0 Å². The standard InChI is InChI=1S/C11H11ClN2O3/c1-15-7-3-4-8(16-2)10(12)9(7)6-5-14-17-11(6)13/h3-5H,13H2,1-2H3. The van der Waals surface area contributed by atoms with E-state index in [2.05, 4.69) is 5.16 Å². The lowest BCUT2D eigenvalue weighted by molar-refractivity contribution is 0.404. The molecule has 0 aliphatic heterocycles. The molecular formula is C11H11ClN2O3. The Balaban J connectivity index is 2.70. The summed E-state index contributed by atoms with van der Waals surface area (Å²) in [6.45, 7) is 0. The van der Waals surface area contributed by atoms with Crippen LogP contribution in [0.1, 0.15) is 0 Å². The van der Waals surface area contributed by atoms with Gasteiger partial charge in [0.1, 0.15) is 11.5 Å². The number of nitrogens with zero attached hydrogens (tertiary/aromatic N) is 1. The minimum absolute atomic E-state index is 0.179. The number of methoxy groups -OCH3 is 2. The van der Waals surface area contributed by atoms with Crippen molar-refractivity contribution in [2.75, 3.05) is 20.0 Å². The third-order valence-electron chi connectivity index (χ3n) is 2.38. The second-order valence-electron chi connectivity index (χ2n) is 3.26. The number of nitrogen functional groups attached to an aromatic ring is 1. The number of rotatable bonds is 3. The Morgan fingerprint density at radius 1 is 1.24 bits per heavy atom. The second-order valence-corrected chi connectivity index (χ2v) is 3.64. The highest BCUT2D eigenvalue weighted by Crippen LogP contribution is 2.43. The highest BCUT2D eigenvalue weighted by atomic mass is 35.5. The van der Waals surface area contributed by atoms with Crippen molar-refractivity contribution in [1.29, 1.82) is 0 Å². The summed E-state index contributed by atoms with van der Waals surface area (Å²) in [5, 5.41) is 4.02. The number of benzene rings is 1. The Morgan fingerprint density at radius 3 is 2.41 bits per heavy atom. The second kappa shape index (κ2) is 4.55. The summed E-state index contributed by atoms with van der Waals surface area (Å²) in [7, 11) is 3.08. The lowest BCUT2D eigenvalue weighted by Crippen LogP contribution is -1.93. The molecule has 0 aliphatic carbocycles. The topological polar surface area (TPSA) is 70.5 Å². The minimum atomic E-state index is 0.179. The smallest absolute Gasteiger partial charge is 0.230 e. The van der Waals surface area contributed by atoms with Crippen LogP contribution in [0.4, 0.5) is 5.88 Å². The van der Waals surface area contributed by atoms with Crippen LogP contribution in [-0.2, 0) is 0 Å². The average Bonchev–Trinajstić information content (AvgIpc) is 2.75. The van der Waals surface area contributed by atoms with E-state index in [0.29, 0.717) is 27.6 Å². The molecule has 0 bridgehead atoms. The summed E-state index contributed by atoms with van der Waals surface area (Å²) in [6, 6.07) is 3.46. The van der Waals surface area contributed by atoms with Gasteiger partial charge in [-0.05, 0) is 12.1 Å². The van der Waals surface area contributed by atoms with Crippen LogP contribution in [0.15, 0.2) is 22.9 Å². The van der Waals surface area contributed by atoms with Crippen molar-refractivity contribution in [2.45, 2.75) is 0 Å². The van der Waals surface area contributed by atoms with Crippen molar-refractivity contribution < 1.29 is 14.0 Å². The molecule has 90 valence electrons. The van der Waals surface area contributed by atoms with Crippen LogP contribution < -0.4 is 15.2 Å². The van der Waals surface area contributed by atoms with E-state index in [9.17, 15) is 0 Å².